The molecule has 2 aromatic carbocycles. The van der Waals surface area contributed by atoms with Gasteiger partial charge in [-0.25, -0.2) is 9.18 Å². The highest BCUT2D eigenvalue weighted by atomic mass is 19.1. The van der Waals surface area contributed by atoms with Crippen LogP contribution in [0.5, 0.6) is 5.75 Å². The van der Waals surface area contributed by atoms with Gasteiger partial charge in [0, 0.05) is 6.07 Å². The number of nitrogens with zero attached hydrogens (tertiary/aromatic N) is 1. The van der Waals surface area contributed by atoms with Gasteiger partial charge in [-0.3, -0.25) is 4.90 Å². The number of benzene rings is 2. The number of aliphatic hydroxyl groups is 4. The second-order valence-corrected chi connectivity index (χ2v) is 7.35. The summed E-state index contributed by atoms with van der Waals surface area (Å²) in [5.41, 5.74) is 1.11. The van der Waals surface area contributed by atoms with Crippen molar-refractivity contribution >= 4 is 11.8 Å². The minimum atomic E-state index is -1.57. The van der Waals surface area contributed by atoms with Crippen molar-refractivity contribution in [2.24, 2.45) is 0 Å². The van der Waals surface area contributed by atoms with Crippen LogP contribution in [0.1, 0.15) is 11.7 Å². The molecule has 4 N–H and O–H groups in total. The Balaban J connectivity index is 1.48. The molecule has 0 spiro atoms. The van der Waals surface area contributed by atoms with Gasteiger partial charge in [0.25, 0.3) is 0 Å². The summed E-state index contributed by atoms with van der Waals surface area (Å²) in [6.45, 7) is -0.372. The maximum Gasteiger partial charge on any atom is 0.415 e. The molecule has 2 aromatic rings. The molecule has 1 amide bonds. The number of rotatable bonds is 5. The average Bonchev–Trinajstić information content (AvgIpc) is 3.16. The first-order valence-electron chi connectivity index (χ1n) is 9.68. The molecule has 0 radical (unpaired) electrons. The number of hydrogen-bond donors (Lipinski definition) is 4. The number of halogens is 1. The van der Waals surface area contributed by atoms with Crippen LogP contribution in [0.2, 0.25) is 0 Å². The largest absolute Gasteiger partial charge is 0.462 e. The van der Waals surface area contributed by atoms with E-state index in [4.69, 9.17) is 14.2 Å². The molecule has 10 heteroatoms. The van der Waals surface area contributed by atoms with Crippen LogP contribution < -0.4 is 9.64 Å². The Morgan fingerprint density at radius 2 is 1.81 bits per heavy atom. The number of carbonyl (C=O) groups excluding carboxylic acids is 1. The topological polar surface area (TPSA) is 129 Å². The molecule has 1 unspecified atom stereocenters. The molecule has 4 rings (SSSR count). The molecule has 2 aliphatic heterocycles. The van der Waals surface area contributed by atoms with Crippen molar-refractivity contribution in [2.45, 2.75) is 36.8 Å². The van der Waals surface area contributed by atoms with Crippen molar-refractivity contribution in [3.05, 3.63) is 59.9 Å². The highest BCUT2D eigenvalue weighted by Gasteiger charge is 2.44. The van der Waals surface area contributed by atoms with Crippen molar-refractivity contribution in [1.82, 2.24) is 0 Å². The summed E-state index contributed by atoms with van der Waals surface area (Å²) in [6, 6.07) is 12.0. The van der Waals surface area contributed by atoms with Gasteiger partial charge in [-0.15, -0.1) is 0 Å². The predicted molar refractivity (Wildman–Crippen MR) is 104 cm³/mol. The molecule has 2 saturated heterocycles. The normalized spacial score (nSPS) is 30.9. The molecule has 2 fully saturated rings. The van der Waals surface area contributed by atoms with Crippen LogP contribution in [0.3, 0.4) is 0 Å². The van der Waals surface area contributed by atoms with Crippen molar-refractivity contribution in [2.75, 3.05) is 18.1 Å². The maximum atomic E-state index is 13.1. The molecule has 166 valence electrons. The van der Waals surface area contributed by atoms with Gasteiger partial charge in [0.1, 0.15) is 42.1 Å². The van der Waals surface area contributed by atoms with E-state index in [-0.39, 0.29) is 18.1 Å². The second-order valence-electron chi connectivity index (χ2n) is 7.35. The maximum absolute atomic E-state index is 13.1. The van der Waals surface area contributed by atoms with Crippen LogP contribution in [0.15, 0.2) is 48.5 Å². The van der Waals surface area contributed by atoms with Crippen LogP contribution >= 0.6 is 0 Å². The fourth-order valence-corrected chi connectivity index (χ4v) is 3.55. The number of anilines is 1. The van der Waals surface area contributed by atoms with Crippen molar-refractivity contribution in [3.8, 4) is 5.75 Å². The SMILES string of the molecule is O=C1OC(c2ccc(F)cc2)CN1c1cccc(O[C@@H]2O[C@H](CO)[C@@H](O)[C@H](O)[C@H]2O)c1. The Morgan fingerprint density at radius 1 is 1.06 bits per heavy atom. The number of carbonyl (C=O) groups is 1. The quantitative estimate of drug-likeness (QED) is 0.540. The second kappa shape index (κ2) is 8.77. The van der Waals surface area contributed by atoms with Gasteiger partial charge in [0.15, 0.2) is 0 Å². The lowest BCUT2D eigenvalue weighted by Crippen LogP contribution is -2.60. The lowest BCUT2D eigenvalue weighted by Gasteiger charge is -2.39. The van der Waals surface area contributed by atoms with Gasteiger partial charge in [-0.05, 0) is 29.8 Å². The van der Waals surface area contributed by atoms with E-state index in [9.17, 15) is 29.6 Å². The standard InChI is InChI=1S/C21H22FNO8/c22-12-6-4-11(5-7-12)15-9-23(21(28)31-15)13-2-1-3-14(8-13)29-20-19(27)18(26)17(25)16(10-24)30-20/h1-8,15-20,24-27H,9-10H2/t15?,16-,17-,18+,19-,20-/m1/s1. The summed E-state index contributed by atoms with van der Waals surface area (Å²) in [5, 5.41) is 39.2. The van der Waals surface area contributed by atoms with E-state index in [1.807, 2.05) is 0 Å². The minimum absolute atomic E-state index is 0.202. The Bertz CT molecular complexity index is 924. The van der Waals surface area contributed by atoms with E-state index in [0.717, 1.165) is 0 Å². The van der Waals surface area contributed by atoms with E-state index in [1.165, 1.54) is 23.1 Å². The van der Waals surface area contributed by atoms with Crippen LogP contribution in [-0.2, 0) is 9.47 Å². The number of aliphatic hydroxyl groups excluding tert-OH is 4. The average molecular weight is 435 g/mol. The highest BCUT2D eigenvalue weighted by Crippen LogP contribution is 2.33. The molecule has 31 heavy (non-hydrogen) atoms. The highest BCUT2D eigenvalue weighted by molar-refractivity contribution is 5.90. The lowest BCUT2D eigenvalue weighted by molar-refractivity contribution is -0.277. The molecule has 6 atom stereocenters. The van der Waals surface area contributed by atoms with Gasteiger partial charge < -0.3 is 34.6 Å². The van der Waals surface area contributed by atoms with Crippen LogP contribution in [-0.4, -0.2) is 70.4 Å². The monoisotopic (exact) mass is 435 g/mol. The summed E-state index contributed by atoms with van der Waals surface area (Å²) >= 11 is 0. The molecule has 9 nitrogen and oxygen atoms in total. The summed E-state index contributed by atoms with van der Waals surface area (Å²) in [7, 11) is 0. The molecule has 0 saturated carbocycles. The van der Waals surface area contributed by atoms with Gasteiger partial charge in [-0.1, -0.05) is 18.2 Å². The van der Waals surface area contributed by atoms with Gasteiger partial charge >= 0.3 is 6.09 Å². The Kier molecular flexibility index (Phi) is 6.08. The first-order valence-corrected chi connectivity index (χ1v) is 9.68. The molecule has 2 aliphatic rings. The number of amides is 1. The van der Waals surface area contributed by atoms with E-state index in [0.29, 0.717) is 11.3 Å². The minimum Gasteiger partial charge on any atom is -0.462 e. The molecule has 2 heterocycles. The van der Waals surface area contributed by atoms with Crippen LogP contribution in [0, 0.1) is 5.82 Å². The summed E-state index contributed by atoms with van der Waals surface area (Å²) in [6.07, 6.45) is -8.21. The Labute approximate surface area is 176 Å². The van der Waals surface area contributed by atoms with E-state index >= 15 is 0 Å². The molecule has 0 aromatic heterocycles. The van der Waals surface area contributed by atoms with Crippen molar-refractivity contribution in [3.63, 3.8) is 0 Å². The molecular weight excluding hydrogens is 413 g/mol. The van der Waals surface area contributed by atoms with Crippen LogP contribution in [0.25, 0.3) is 0 Å². The summed E-state index contributed by atoms with van der Waals surface area (Å²) < 4.78 is 29.5. The first-order chi connectivity index (χ1) is 14.9. The fourth-order valence-electron chi connectivity index (χ4n) is 3.55. The fraction of sp³-hybridized carbons (Fsp3) is 0.381. The Hall–Kier alpha value is -2.76. The van der Waals surface area contributed by atoms with Gasteiger partial charge in [0.2, 0.25) is 6.29 Å². The first kappa shape index (κ1) is 21.5. The molecule has 0 bridgehead atoms. The lowest BCUT2D eigenvalue weighted by atomic mass is 9.99. The summed E-state index contributed by atoms with van der Waals surface area (Å²) in [5.74, 6) is -0.164. The smallest absolute Gasteiger partial charge is 0.415 e. The van der Waals surface area contributed by atoms with Crippen molar-refractivity contribution < 1.29 is 43.8 Å². The third kappa shape index (κ3) is 4.34. The van der Waals surface area contributed by atoms with Crippen molar-refractivity contribution in [1.29, 1.82) is 0 Å². The third-order valence-electron chi connectivity index (χ3n) is 5.28. The number of cyclic esters (lactones) is 1. The van der Waals surface area contributed by atoms with Crippen LogP contribution in [0.4, 0.5) is 14.9 Å². The molecular formula is C21H22FNO8. The molecule has 0 aliphatic carbocycles. The van der Waals surface area contributed by atoms with E-state index in [2.05, 4.69) is 0 Å². The predicted octanol–water partition coefficient (Wildman–Crippen LogP) is 0.702. The van der Waals surface area contributed by atoms with Gasteiger partial charge in [0.05, 0.1) is 18.8 Å². The number of hydrogen-bond acceptors (Lipinski definition) is 8. The van der Waals surface area contributed by atoms with E-state index < -0.39 is 49.5 Å². The zero-order valence-corrected chi connectivity index (χ0v) is 16.2. The van der Waals surface area contributed by atoms with E-state index in [1.54, 1.807) is 30.3 Å². The number of ether oxygens (including phenoxy) is 3. The summed E-state index contributed by atoms with van der Waals surface area (Å²) in [4.78, 5) is 13.8. The third-order valence-corrected chi connectivity index (χ3v) is 5.28. The zero-order chi connectivity index (χ0) is 22.1. The van der Waals surface area contributed by atoms with Gasteiger partial charge in [-0.2, -0.15) is 0 Å². The Morgan fingerprint density at radius 3 is 2.52 bits per heavy atom. The zero-order valence-electron chi connectivity index (χ0n) is 16.2.